The normalized spacial score (nSPS) is 15.4. The highest BCUT2D eigenvalue weighted by Gasteiger charge is 2.27. The third-order valence-electron chi connectivity index (χ3n) is 2.00. The minimum Gasteiger partial charge on any atom is -0.351 e. The van der Waals surface area contributed by atoms with Crippen molar-refractivity contribution in [3.05, 3.63) is 0 Å². The fourth-order valence-corrected chi connectivity index (χ4v) is 0.914. The Balaban J connectivity index is 4.17. The molecule has 0 fully saturated rings. The third kappa shape index (κ3) is 4.24. The Bertz CT molecular complexity index is 237. The number of rotatable bonds is 3. The van der Waals surface area contributed by atoms with Crippen molar-refractivity contribution in [3.63, 3.8) is 0 Å². The second kappa shape index (κ2) is 4.97. The number of amides is 1. The molecule has 0 saturated heterocycles. The largest absolute Gasteiger partial charge is 0.351 e. The van der Waals surface area contributed by atoms with Gasteiger partial charge in [0.15, 0.2) is 0 Å². The molecular weight excluding hydrogens is 178 g/mol. The van der Waals surface area contributed by atoms with Crippen molar-refractivity contribution in [1.82, 2.24) is 5.32 Å². The fourth-order valence-electron chi connectivity index (χ4n) is 0.914. The van der Waals surface area contributed by atoms with Gasteiger partial charge in [-0.15, -0.1) is 0 Å². The van der Waals surface area contributed by atoms with Gasteiger partial charge in [-0.05, 0) is 12.3 Å². The van der Waals surface area contributed by atoms with Gasteiger partial charge < -0.3 is 11.1 Å². The molecule has 4 nitrogen and oxygen atoms in total. The average Bonchev–Trinajstić information content (AvgIpc) is 2.01. The van der Waals surface area contributed by atoms with E-state index in [1.54, 1.807) is 6.92 Å². The summed E-state index contributed by atoms with van der Waals surface area (Å²) in [5, 5.41) is 11.1. The van der Waals surface area contributed by atoms with Gasteiger partial charge in [0.05, 0.1) is 18.5 Å². The van der Waals surface area contributed by atoms with Crippen LogP contribution in [0.3, 0.4) is 0 Å². The molecule has 0 aliphatic carbocycles. The van der Waals surface area contributed by atoms with Gasteiger partial charge in [-0.1, -0.05) is 20.8 Å². The molecule has 0 bridgehead atoms. The predicted octanol–water partition coefficient (Wildman–Crippen LogP) is 0.778. The van der Waals surface area contributed by atoms with E-state index in [0.29, 0.717) is 6.42 Å². The third-order valence-corrected chi connectivity index (χ3v) is 2.00. The molecule has 0 spiro atoms. The molecule has 2 atom stereocenters. The number of carbonyl (C=O) groups excluding carboxylic acids is 1. The maximum Gasteiger partial charge on any atom is 0.237 e. The molecule has 0 heterocycles. The molecular formula is C10H19N3O. The van der Waals surface area contributed by atoms with E-state index < -0.39 is 6.04 Å². The van der Waals surface area contributed by atoms with Crippen LogP contribution in [0.15, 0.2) is 0 Å². The minimum atomic E-state index is -0.538. The fraction of sp³-hybridized carbons (Fsp3) is 0.800. The van der Waals surface area contributed by atoms with Gasteiger partial charge in [0.25, 0.3) is 0 Å². The lowest BCUT2D eigenvalue weighted by Crippen LogP contribution is -2.50. The molecule has 0 saturated carbocycles. The van der Waals surface area contributed by atoms with Crippen LogP contribution in [0.4, 0.5) is 0 Å². The van der Waals surface area contributed by atoms with Crippen LogP contribution in [-0.4, -0.2) is 18.0 Å². The van der Waals surface area contributed by atoms with Gasteiger partial charge in [-0.3, -0.25) is 4.79 Å². The maximum absolute atomic E-state index is 11.5. The van der Waals surface area contributed by atoms with Gasteiger partial charge in [0, 0.05) is 6.04 Å². The molecule has 1 amide bonds. The summed E-state index contributed by atoms with van der Waals surface area (Å²) < 4.78 is 0. The summed E-state index contributed by atoms with van der Waals surface area (Å²) >= 11 is 0. The molecule has 0 aromatic heterocycles. The Morgan fingerprint density at radius 3 is 2.43 bits per heavy atom. The van der Waals surface area contributed by atoms with Gasteiger partial charge >= 0.3 is 0 Å². The smallest absolute Gasteiger partial charge is 0.237 e. The Morgan fingerprint density at radius 1 is 1.57 bits per heavy atom. The molecule has 0 aliphatic heterocycles. The SMILES string of the molecule is CC(CC#N)NC(=O)C(N)C(C)(C)C. The zero-order valence-electron chi connectivity index (χ0n) is 9.29. The van der Waals surface area contributed by atoms with Crippen molar-refractivity contribution in [2.24, 2.45) is 11.1 Å². The van der Waals surface area contributed by atoms with Crippen LogP contribution in [-0.2, 0) is 4.79 Å². The van der Waals surface area contributed by atoms with E-state index >= 15 is 0 Å². The van der Waals surface area contributed by atoms with Crippen LogP contribution in [0.5, 0.6) is 0 Å². The molecule has 4 heteroatoms. The molecule has 80 valence electrons. The van der Waals surface area contributed by atoms with Gasteiger partial charge in [0.1, 0.15) is 0 Å². The van der Waals surface area contributed by atoms with Crippen LogP contribution in [0.2, 0.25) is 0 Å². The van der Waals surface area contributed by atoms with Crippen LogP contribution in [0, 0.1) is 16.7 Å². The number of hydrogen-bond donors (Lipinski definition) is 2. The van der Waals surface area contributed by atoms with E-state index in [9.17, 15) is 4.79 Å². The second-order valence-electron chi connectivity index (χ2n) is 4.62. The monoisotopic (exact) mass is 197 g/mol. The highest BCUT2D eigenvalue weighted by atomic mass is 16.2. The minimum absolute atomic E-state index is 0.138. The lowest BCUT2D eigenvalue weighted by atomic mass is 9.87. The number of nitrogens with one attached hydrogen (secondary N) is 1. The zero-order chi connectivity index (χ0) is 11.4. The first-order chi connectivity index (χ1) is 6.29. The molecule has 0 rings (SSSR count). The average molecular weight is 197 g/mol. The van der Waals surface area contributed by atoms with E-state index in [-0.39, 0.29) is 17.4 Å². The molecule has 0 radical (unpaired) electrons. The molecule has 2 unspecified atom stereocenters. The van der Waals surface area contributed by atoms with Crippen molar-refractivity contribution in [2.45, 2.75) is 46.2 Å². The highest BCUT2D eigenvalue weighted by Crippen LogP contribution is 2.17. The first-order valence-corrected chi connectivity index (χ1v) is 4.72. The van der Waals surface area contributed by atoms with Gasteiger partial charge in [0.2, 0.25) is 5.91 Å². The maximum atomic E-state index is 11.5. The summed E-state index contributed by atoms with van der Waals surface area (Å²) in [6.45, 7) is 7.51. The summed E-state index contributed by atoms with van der Waals surface area (Å²) in [6.07, 6.45) is 0.308. The number of nitrogens with zero attached hydrogens (tertiary/aromatic N) is 1. The summed E-state index contributed by atoms with van der Waals surface area (Å²) in [4.78, 5) is 11.5. The van der Waals surface area contributed by atoms with Crippen LogP contribution in [0.1, 0.15) is 34.1 Å². The first-order valence-electron chi connectivity index (χ1n) is 4.72. The van der Waals surface area contributed by atoms with E-state index in [0.717, 1.165) is 0 Å². The Labute approximate surface area is 85.5 Å². The van der Waals surface area contributed by atoms with Crippen LogP contribution >= 0.6 is 0 Å². The first kappa shape index (κ1) is 12.9. The van der Waals surface area contributed by atoms with Crippen molar-refractivity contribution in [3.8, 4) is 6.07 Å². The van der Waals surface area contributed by atoms with Crippen molar-refractivity contribution >= 4 is 5.91 Å². The summed E-state index contributed by atoms with van der Waals surface area (Å²) in [6, 6.07) is 1.32. The van der Waals surface area contributed by atoms with E-state index in [1.807, 2.05) is 26.8 Å². The summed E-state index contributed by atoms with van der Waals surface area (Å²) in [5.74, 6) is -0.194. The van der Waals surface area contributed by atoms with Gasteiger partial charge in [-0.2, -0.15) is 5.26 Å². The highest BCUT2D eigenvalue weighted by molar-refractivity contribution is 5.82. The Kier molecular flexibility index (Phi) is 4.58. The Hall–Kier alpha value is -1.08. The molecule has 3 N–H and O–H groups in total. The summed E-state index contributed by atoms with van der Waals surface area (Å²) in [7, 11) is 0. The van der Waals surface area contributed by atoms with Gasteiger partial charge in [-0.25, -0.2) is 0 Å². The lowest BCUT2D eigenvalue weighted by Gasteiger charge is -2.26. The number of carbonyl (C=O) groups is 1. The molecule has 0 aliphatic rings. The van der Waals surface area contributed by atoms with E-state index in [1.165, 1.54) is 0 Å². The standard InChI is InChI=1S/C10H19N3O/c1-7(5-6-11)13-9(14)8(12)10(2,3)4/h7-8H,5,12H2,1-4H3,(H,13,14). The Morgan fingerprint density at radius 2 is 2.07 bits per heavy atom. The quantitative estimate of drug-likeness (QED) is 0.701. The number of nitrogens with two attached hydrogens (primary N) is 1. The molecule has 14 heavy (non-hydrogen) atoms. The number of hydrogen-bond acceptors (Lipinski definition) is 3. The zero-order valence-corrected chi connectivity index (χ0v) is 9.29. The molecule has 0 aromatic carbocycles. The van der Waals surface area contributed by atoms with Crippen molar-refractivity contribution in [2.75, 3.05) is 0 Å². The van der Waals surface area contributed by atoms with Crippen LogP contribution < -0.4 is 11.1 Å². The number of nitriles is 1. The molecule has 0 aromatic rings. The summed E-state index contributed by atoms with van der Waals surface area (Å²) in [5.41, 5.74) is 5.49. The second-order valence-corrected chi connectivity index (χ2v) is 4.62. The van der Waals surface area contributed by atoms with Crippen LogP contribution in [0.25, 0.3) is 0 Å². The van der Waals surface area contributed by atoms with E-state index in [4.69, 9.17) is 11.0 Å². The predicted molar refractivity (Wildman–Crippen MR) is 55.3 cm³/mol. The van der Waals surface area contributed by atoms with Crippen molar-refractivity contribution < 1.29 is 4.79 Å². The van der Waals surface area contributed by atoms with Crippen molar-refractivity contribution in [1.29, 1.82) is 5.26 Å². The topological polar surface area (TPSA) is 78.9 Å². The van der Waals surface area contributed by atoms with E-state index in [2.05, 4.69) is 5.32 Å². The lowest BCUT2D eigenvalue weighted by molar-refractivity contribution is -0.125.